The molecule has 0 aromatic carbocycles. The average Bonchev–Trinajstić information content (AvgIpc) is 2.52. The predicted octanol–water partition coefficient (Wildman–Crippen LogP) is 8.08. The van der Waals surface area contributed by atoms with Crippen LogP contribution in [-0.4, -0.2) is 12.1 Å². The Hall–Kier alpha value is -0.530. The largest absolute Gasteiger partial charge is 0.462 e. The lowest BCUT2D eigenvalue weighted by Crippen LogP contribution is -2.21. The maximum Gasteiger partial charge on any atom is 0.306 e. The van der Waals surface area contributed by atoms with Crippen molar-refractivity contribution >= 4 is 5.97 Å². The number of carbonyl (C=O) groups excluding carboxylic acids is 1. The van der Waals surface area contributed by atoms with Gasteiger partial charge in [-0.05, 0) is 37.0 Å². The zero-order valence-corrected chi connectivity index (χ0v) is 18.9. The molecule has 0 aliphatic rings. The summed E-state index contributed by atoms with van der Waals surface area (Å²) in [6.45, 7) is 13.4. The van der Waals surface area contributed by atoms with E-state index in [-0.39, 0.29) is 17.5 Å². The van der Waals surface area contributed by atoms with E-state index in [1.807, 2.05) is 0 Å². The van der Waals surface area contributed by atoms with Gasteiger partial charge in [0.15, 0.2) is 0 Å². The van der Waals surface area contributed by atoms with Gasteiger partial charge in [0.2, 0.25) is 0 Å². The van der Waals surface area contributed by atoms with Crippen molar-refractivity contribution in [1.29, 1.82) is 0 Å². The van der Waals surface area contributed by atoms with E-state index in [0.29, 0.717) is 12.3 Å². The summed E-state index contributed by atoms with van der Waals surface area (Å²) in [5.74, 6) is 0.417. The van der Waals surface area contributed by atoms with E-state index in [9.17, 15) is 4.79 Å². The van der Waals surface area contributed by atoms with Crippen LogP contribution in [0.2, 0.25) is 0 Å². The van der Waals surface area contributed by atoms with Gasteiger partial charge in [0.25, 0.3) is 0 Å². The Morgan fingerprint density at radius 2 is 1.31 bits per heavy atom. The van der Waals surface area contributed by atoms with Crippen LogP contribution in [0.3, 0.4) is 0 Å². The topological polar surface area (TPSA) is 26.3 Å². The normalized spacial score (nSPS) is 14.2. The van der Waals surface area contributed by atoms with Gasteiger partial charge < -0.3 is 4.74 Å². The fourth-order valence-electron chi connectivity index (χ4n) is 3.84. The second kappa shape index (κ2) is 15.5. The van der Waals surface area contributed by atoms with Crippen LogP contribution in [0.1, 0.15) is 131 Å². The molecule has 2 unspecified atom stereocenters. The third-order valence-corrected chi connectivity index (χ3v) is 5.03. The molecule has 0 bridgehead atoms. The predicted molar refractivity (Wildman–Crippen MR) is 114 cm³/mol. The SMILES string of the molecule is CCCCCCCCCCC(CCCC)OC(=O)CC(C)CC(C)(C)C. The molecule has 0 rings (SSSR count). The van der Waals surface area contributed by atoms with E-state index in [2.05, 4.69) is 41.5 Å². The van der Waals surface area contributed by atoms with Crippen LogP contribution in [0, 0.1) is 11.3 Å². The summed E-state index contributed by atoms with van der Waals surface area (Å²) in [6, 6.07) is 0. The minimum Gasteiger partial charge on any atom is -0.462 e. The van der Waals surface area contributed by atoms with Crippen LogP contribution in [0.15, 0.2) is 0 Å². The molecule has 0 aromatic rings. The highest BCUT2D eigenvalue weighted by molar-refractivity contribution is 5.69. The van der Waals surface area contributed by atoms with Gasteiger partial charge in [-0.1, -0.05) is 99.3 Å². The summed E-state index contributed by atoms with van der Waals surface area (Å²) in [4.78, 5) is 12.3. The van der Waals surface area contributed by atoms with Crippen molar-refractivity contribution < 1.29 is 9.53 Å². The molecular formula is C24H48O2. The lowest BCUT2D eigenvalue weighted by Gasteiger charge is -2.24. The van der Waals surface area contributed by atoms with Crippen molar-refractivity contribution in [2.75, 3.05) is 0 Å². The maximum atomic E-state index is 12.3. The molecule has 2 heteroatoms. The molecular weight excluding hydrogens is 320 g/mol. The average molecular weight is 369 g/mol. The molecule has 0 heterocycles. The van der Waals surface area contributed by atoms with Gasteiger partial charge in [0.1, 0.15) is 6.10 Å². The van der Waals surface area contributed by atoms with E-state index in [4.69, 9.17) is 4.74 Å². The second-order valence-electron chi connectivity index (χ2n) is 9.59. The molecule has 0 saturated heterocycles. The first-order chi connectivity index (χ1) is 12.3. The number of esters is 1. The Morgan fingerprint density at radius 3 is 1.85 bits per heavy atom. The van der Waals surface area contributed by atoms with Crippen molar-refractivity contribution in [3.63, 3.8) is 0 Å². The van der Waals surface area contributed by atoms with E-state index < -0.39 is 0 Å². The van der Waals surface area contributed by atoms with Crippen molar-refractivity contribution in [1.82, 2.24) is 0 Å². The summed E-state index contributed by atoms with van der Waals surface area (Å²) < 4.78 is 5.86. The second-order valence-corrected chi connectivity index (χ2v) is 9.59. The molecule has 2 nitrogen and oxygen atoms in total. The third kappa shape index (κ3) is 16.9. The number of ether oxygens (including phenoxy) is 1. The zero-order chi connectivity index (χ0) is 19.8. The van der Waals surface area contributed by atoms with Gasteiger partial charge >= 0.3 is 5.97 Å². The molecule has 0 N–H and O–H groups in total. The van der Waals surface area contributed by atoms with Crippen LogP contribution < -0.4 is 0 Å². The maximum absolute atomic E-state index is 12.3. The van der Waals surface area contributed by atoms with Gasteiger partial charge in [-0.25, -0.2) is 0 Å². The fourth-order valence-corrected chi connectivity index (χ4v) is 3.84. The Morgan fingerprint density at radius 1 is 0.808 bits per heavy atom. The Bertz CT molecular complexity index is 330. The molecule has 0 fully saturated rings. The number of hydrogen-bond acceptors (Lipinski definition) is 2. The Kier molecular flexibility index (Phi) is 15.2. The molecule has 0 aliphatic heterocycles. The van der Waals surface area contributed by atoms with E-state index in [1.54, 1.807) is 0 Å². The van der Waals surface area contributed by atoms with Crippen molar-refractivity contribution in [2.24, 2.45) is 11.3 Å². The first kappa shape index (κ1) is 25.5. The lowest BCUT2D eigenvalue weighted by atomic mass is 9.84. The van der Waals surface area contributed by atoms with Crippen molar-refractivity contribution in [2.45, 2.75) is 138 Å². The summed E-state index contributed by atoms with van der Waals surface area (Å²) in [5, 5.41) is 0. The standard InChI is InChI=1S/C24H48O2/c1-7-9-11-12-13-14-15-16-18-22(17-10-8-2)26-23(25)19-21(3)20-24(4,5)6/h21-22H,7-20H2,1-6H3. The quantitative estimate of drug-likeness (QED) is 0.203. The highest BCUT2D eigenvalue weighted by atomic mass is 16.5. The van der Waals surface area contributed by atoms with E-state index in [0.717, 1.165) is 25.7 Å². The van der Waals surface area contributed by atoms with Crippen LogP contribution >= 0.6 is 0 Å². The minimum absolute atomic E-state index is 0.0161. The number of rotatable bonds is 16. The molecule has 0 amide bonds. The number of unbranched alkanes of at least 4 members (excludes halogenated alkanes) is 8. The van der Waals surface area contributed by atoms with E-state index >= 15 is 0 Å². The van der Waals surface area contributed by atoms with Crippen LogP contribution in [0.25, 0.3) is 0 Å². The lowest BCUT2D eigenvalue weighted by molar-refractivity contribution is -0.151. The molecule has 0 aliphatic carbocycles. The summed E-state index contributed by atoms with van der Waals surface area (Å²) in [5.41, 5.74) is 0.276. The molecule has 156 valence electrons. The zero-order valence-electron chi connectivity index (χ0n) is 18.9. The molecule has 2 atom stereocenters. The molecule has 0 aromatic heterocycles. The van der Waals surface area contributed by atoms with Gasteiger partial charge in [-0.2, -0.15) is 0 Å². The van der Waals surface area contributed by atoms with Crippen molar-refractivity contribution in [3.05, 3.63) is 0 Å². The van der Waals surface area contributed by atoms with Crippen LogP contribution in [-0.2, 0) is 9.53 Å². The summed E-state index contributed by atoms with van der Waals surface area (Å²) in [6.07, 6.45) is 16.8. The van der Waals surface area contributed by atoms with Gasteiger partial charge in [0, 0.05) is 6.42 Å². The Labute approximate surface area is 164 Å². The third-order valence-electron chi connectivity index (χ3n) is 5.03. The number of hydrogen-bond donors (Lipinski definition) is 0. The summed E-state index contributed by atoms with van der Waals surface area (Å²) in [7, 11) is 0. The first-order valence-electron chi connectivity index (χ1n) is 11.5. The van der Waals surface area contributed by atoms with E-state index in [1.165, 1.54) is 57.8 Å². The fraction of sp³-hybridized carbons (Fsp3) is 0.958. The number of carbonyl (C=O) groups is 1. The highest BCUT2D eigenvalue weighted by Crippen LogP contribution is 2.26. The molecule has 26 heavy (non-hydrogen) atoms. The smallest absolute Gasteiger partial charge is 0.306 e. The van der Waals surface area contributed by atoms with Crippen molar-refractivity contribution in [3.8, 4) is 0 Å². The van der Waals surface area contributed by atoms with Crippen LogP contribution in [0.4, 0.5) is 0 Å². The van der Waals surface area contributed by atoms with Gasteiger partial charge in [-0.15, -0.1) is 0 Å². The molecule has 0 spiro atoms. The van der Waals surface area contributed by atoms with Gasteiger partial charge in [-0.3, -0.25) is 4.79 Å². The molecule has 0 radical (unpaired) electrons. The highest BCUT2D eigenvalue weighted by Gasteiger charge is 2.20. The summed E-state index contributed by atoms with van der Waals surface area (Å²) >= 11 is 0. The first-order valence-corrected chi connectivity index (χ1v) is 11.5. The minimum atomic E-state index is 0.0161. The van der Waals surface area contributed by atoms with Gasteiger partial charge in [0.05, 0.1) is 0 Å². The molecule has 0 saturated carbocycles. The van der Waals surface area contributed by atoms with Crippen LogP contribution in [0.5, 0.6) is 0 Å². The Balaban J connectivity index is 4.05. The monoisotopic (exact) mass is 368 g/mol.